The highest BCUT2D eigenvalue weighted by atomic mass is 16.5. The molecule has 1 N–H and O–H groups in total. The summed E-state index contributed by atoms with van der Waals surface area (Å²) in [4.78, 5) is 0. The van der Waals surface area contributed by atoms with E-state index >= 15 is 0 Å². The molecule has 2 rings (SSSR count). The minimum atomic E-state index is 0.402. The van der Waals surface area contributed by atoms with Gasteiger partial charge >= 0.3 is 0 Å². The highest BCUT2D eigenvalue weighted by Gasteiger charge is 2.28. The molecule has 0 heterocycles. The van der Waals surface area contributed by atoms with E-state index in [4.69, 9.17) is 4.74 Å². The van der Waals surface area contributed by atoms with Crippen LogP contribution in [0.2, 0.25) is 0 Å². The number of ether oxygens (including phenoxy) is 1. The minimum Gasteiger partial charge on any atom is -0.497 e. The fraction of sp³-hybridized carbons (Fsp3) is 0.647. The zero-order chi connectivity index (χ0) is 13.8. The molecule has 1 aromatic carbocycles. The average Bonchev–Trinajstić information content (AvgIpc) is 2.43. The van der Waals surface area contributed by atoms with Gasteiger partial charge in [0.25, 0.3) is 0 Å². The number of hydrogen-bond donors (Lipinski definition) is 1. The molecule has 0 bridgehead atoms. The molecule has 0 aromatic heterocycles. The van der Waals surface area contributed by atoms with Gasteiger partial charge in [0, 0.05) is 12.1 Å². The van der Waals surface area contributed by atoms with Gasteiger partial charge in [0.2, 0.25) is 0 Å². The molecule has 106 valence electrons. The van der Waals surface area contributed by atoms with Crippen molar-refractivity contribution < 1.29 is 4.74 Å². The summed E-state index contributed by atoms with van der Waals surface area (Å²) in [7, 11) is 1.71. The smallest absolute Gasteiger partial charge is 0.118 e. The number of rotatable bonds is 4. The third-order valence-corrected chi connectivity index (χ3v) is 4.60. The van der Waals surface area contributed by atoms with E-state index in [0.29, 0.717) is 12.1 Å². The molecule has 3 atom stereocenters. The summed E-state index contributed by atoms with van der Waals surface area (Å²) in [6, 6.07) is 9.45. The zero-order valence-corrected chi connectivity index (χ0v) is 12.6. The maximum atomic E-state index is 5.21. The Morgan fingerprint density at radius 3 is 2.21 bits per heavy atom. The van der Waals surface area contributed by atoms with Gasteiger partial charge in [-0.05, 0) is 49.3 Å². The quantitative estimate of drug-likeness (QED) is 0.878. The van der Waals surface area contributed by atoms with Crippen molar-refractivity contribution in [3.05, 3.63) is 29.8 Å². The first-order chi connectivity index (χ1) is 9.11. The van der Waals surface area contributed by atoms with Gasteiger partial charge in [0.05, 0.1) is 7.11 Å². The second-order valence-electron chi connectivity index (χ2n) is 6.07. The van der Waals surface area contributed by atoms with Gasteiger partial charge in [-0.25, -0.2) is 0 Å². The van der Waals surface area contributed by atoms with Gasteiger partial charge < -0.3 is 10.1 Å². The van der Waals surface area contributed by atoms with E-state index in [1.165, 1.54) is 24.8 Å². The fourth-order valence-electron chi connectivity index (χ4n) is 3.29. The summed E-state index contributed by atoms with van der Waals surface area (Å²) < 4.78 is 5.21. The highest BCUT2D eigenvalue weighted by Crippen LogP contribution is 2.30. The molecule has 1 aliphatic carbocycles. The van der Waals surface area contributed by atoms with Crippen LogP contribution in [0.25, 0.3) is 0 Å². The van der Waals surface area contributed by atoms with Crippen LogP contribution < -0.4 is 10.1 Å². The van der Waals surface area contributed by atoms with E-state index in [-0.39, 0.29) is 0 Å². The predicted molar refractivity (Wildman–Crippen MR) is 80.5 cm³/mol. The Bertz CT molecular complexity index is 377. The first-order valence-corrected chi connectivity index (χ1v) is 7.51. The van der Waals surface area contributed by atoms with Crippen LogP contribution in [0, 0.1) is 11.8 Å². The highest BCUT2D eigenvalue weighted by molar-refractivity contribution is 5.28. The van der Waals surface area contributed by atoms with Crippen LogP contribution in [0.1, 0.15) is 51.6 Å². The summed E-state index contributed by atoms with van der Waals surface area (Å²) in [6.45, 7) is 7.03. The fourth-order valence-corrected chi connectivity index (χ4v) is 3.29. The summed E-state index contributed by atoms with van der Waals surface area (Å²) >= 11 is 0. The first-order valence-electron chi connectivity index (χ1n) is 7.51. The first kappa shape index (κ1) is 14.4. The normalized spacial score (nSPS) is 28.9. The molecule has 1 fully saturated rings. The summed E-state index contributed by atoms with van der Waals surface area (Å²) in [6.07, 6.45) is 4.10. The van der Waals surface area contributed by atoms with E-state index in [2.05, 4.69) is 38.2 Å². The van der Waals surface area contributed by atoms with Crippen LogP contribution in [0.3, 0.4) is 0 Å². The Hall–Kier alpha value is -1.02. The van der Waals surface area contributed by atoms with E-state index < -0.39 is 0 Å². The van der Waals surface area contributed by atoms with Crippen LogP contribution in [0.15, 0.2) is 24.3 Å². The van der Waals surface area contributed by atoms with Crippen molar-refractivity contribution in [2.24, 2.45) is 11.8 Å². The molecule has 2 nitrogen and oxygen atoms in total. The molecule has 3 unspecified atom stereocenters. The Morgan fingerprint density at radius 1 is 1.11 bits per heavy atom. The van der Waals surface area contributed by atoms with E-state index in [1.54, 1.807) is 7.11 Å². The van der Waals surface area contributed by atoms with Gasteiger partial charge in [-0.1, -0.05) is 32.4 Å². The van der Waals surface area contributed by atoms with Gasteiger partial charge in [-0.3, -0.25) is 0 Å². The van der Waals surface area contributed by atoms with E-state index in [0.717, 1.165) is 17.6 Å². The lowest BCUT2D eigenvalue weighted by atomic mass is 9.78. The van der Waals surface area contributed by atoms with Gasteiger partial charge in [0.15, 0.2) is 0 Å². The molecule has 1 saturated carbocycles. The molecule has 19 heavy (non-hydrogen) atoms. The second-order valence-corrected chi connectivity index (χ2v) is 6.07. The molecule has 2 heteroatoms. The van der Waals surface area contributed by atoms with Crippen LogP contribution in [-0.2, 0) is 0 Å². The van der Waals surface area contributed by atoms with Crippen LogP contribution in [0.5, 0.6) is 5.75 Å². The third-order valence-electron chi connectivity index (χ3n) is 4.60. The van der Waals surface area contributed by atoms with Crippen molar-refractivity contribution in [3.63, 3.8) is 0 Å². The largest absolute Gasteiger partial charge is 0.497 e. The lowest BCUT2D eigenvalue weighted by Crippen LogP contribution is -2.43. The third kappa shape index (κ3) is 3.50. The molecule has 0 spiro atoms. The van der Waals surface area contributed by atoms with Crippen molar-refractivity contribution >= 4 is 0 Å². The molecule has 0 aliphatic heterocycles. The molecular weight excluding hydrogens is 234 g/mol. The van der Waals surface area contributed by atoms with Crippen molar-refractivity contribution in [1.82, 2.24) is 5.32 Å². The van der Waals surface area contributed by atoms with Gasteiger partial charge in [0.1, 0.15) is 5.75 Å². The van der Waals surface area contributed by atoms with Crippen molar-refractivity contribution in [1.29, 1.82) is 0 Å². The standard InChI is InChI=1S/C17H27NO/c1-12-6-5-7-13(2)17(12)18-14(3)15-8-10-16(19-4)11-9-15/h8-14,17-18H,5-7H2,1-4H3. The minimum absolute atomic E-state index is 0.402. The predicted octanol–water partition coefficient (Wildman–Crippen LogP) is 4.17. The average molecular weight is 261 g/mol. The molecule has 1 aromatic rings. The Kier molecular flexibility index (Phi) is 4.87. The maximum absolute atomic E-state index is 5.21. The lowest BCUT2D eigenvalue weighted by Gasteiger charge is -2.37. The number of nitrogens with one attached hydrogen (secondary N) is 1. The second kappa shape index (κ2) is 6.42. The SMILES string of the molecule is COc1ccc(C(C)NC2C(C)CCCC2C)cc1. The van der Waals surface area contributed by atoms with Crippen molar-refractivity contribution in [2.45, 2.75) is 52.1 Å². The summed E-state index contributed by atoms with van der Waals surface area (Å²) in [5.41, 5.74) is 1.34. The monoisotopic (exact) mass is 261 g/mol. The molecule has 0 saturated heterocycles. The van der Waals surface area contributed by atoms with Crippen LogP contribution in [0.4, 0.5) is 0 Å². The van der Waals surface area contributed by atoms with Gasteiger partial charge in [-0.15, -0.1) is 0 Å². The number of hydrogen-bond acceptors (Lipinski definition) is 2. The Balaban J connectivity index is 2.00. The van der Waals surface area contributed by atoms with E-state index in [1.807, 2.05) is 12.1 Å². The zero-order valence-electron chi connectivity index (χ0n) is 12.6. The van der Waals surface area contributed by atoms with Crippen molar-refractivity contribution in [2.75, 3.05) is 7.11 Å². The summed E-state index contributed by atoms with van der Waals surface area (Å²) in [5, 5.41) is 3.83. The molecule has 0 radical (unpaired) electrons. The molecule has 1 aliphatic rings. The number of methoxy groups -OCH3 is 1. The topological polar surface area (TPSA) is 21.3 Å². The van der Waals surface area contributed by atoms with E-state index in [9.17, 15) is 0 Å². The Labute approximate surface area is 117 Å². The summed E-state index contributed by atoms with van der Waals surface area (Å²) in [5.74, 6) is 2.49. The van der Waals surface area contributed by atoms with Crippen LogP contribution in [-0.4, -0.2) is 13.2 Å². The lowest BCUT2D eigenvalue weighted by molar-refractivity contribution is 0.196. The molecule has 0 amide bonds. The molecular formula is C17H27NO. The van der Waals surface area contributed by atoms with Gasteiger partial charge in [-0.2, -0.15) is 0 Å². The van der Waals surface area contributed by atoms with Crippen molar-refractivity contribution in [3.8, 4) is 5.75 Å². The Morgan fingerprint density at radius 2 is 1.68 bits per heavy atom. The van der Waals surface area contributed by atoms with Crippen LogP contribution >= 0.6 is 0 Å². The maximum Gasteiger partial charge on any atom is 0.118 e. The number of benzene rings is 1.